The summed E-state index contributed by atoms with van der Waals surface area (Å²) in [7, 11) is 5.44. The van der Waals surface area contributed by atoms with Crippen molar-refractivity contribution in [1.29, 1.82) is 0 Å². The Balaban J connectivity index is 1.80. The van der Waals surface area contributed by atoms with Gasteiger partial charge in [-0.05, 0) is 44.3 Å². The Morgan fingerprint density at radius 2 is 1.92 bits per heavy atom. The second-order valence-corrected chi connectivity index (χ2v) is 6.50. The van der Waals surface area contributed by atoms with Crippen LogP contribution in [0.25, 0.3) is 10.9 Å². The van der Waals surface area contributed by atoms with Crippen molar-refractivity contribution in [2.75, 3.05) is 21.3 Å². The fourth-order valence-corrected chi connectivity index (χ4v) is 2.99. The Bertz CT molecular complexity index is 868. The summed E-state index contributed by atoms with van der Waals surface area (Å²) in [4.78, 5) is 11.4. The molecule has 1 aromatic carbocycles. The van der Waals surface area contributed by atoms with Crippen molar-refractivity contribution in [2.24, 2.45) is 0 Å². The van der Waals surface area contributed by atoms with Gasteiger partial charge in [-0.15, -0.1) is 0 Å². The summed E-state index contributed by atoms with van der Waals surface area (Å²) >= 11 is 0. The zero-order valence-corrected chi connectivity index (χ0v) is 15.8. The lowest BCUT2D eigenvalue weighted by molar-refractivity contribution is 0.242. The molecule has 1 unspecified atom stereocenters. The Hall–Kier alpha value is -2.66. The van der Waals surface area contributed by atoms with Gasteiger partial charge >= 0.3 is 0 Å². The van der Waals surface area contributed by atoms with Gasteiger partial charge in [0.05, 0.1) is 19.7 Å². The maximum absolute atomic E-state index is 5.53. The van der Waals surface area contributed by atoms with Crippen LogP contribution in [0.1, 0.15) is 18.2 Å². The van der Waals surface area contributed by atoms with Crippen LogP contribution in [0.5, 0.6) is 11.6 Å². The Kier molecular flexibility index (Phi) is 5.68. The number of ether oxygens (including phenoxy) is 2. The first kappa shape index (κ1) is 18.1. The van der Waals surface area contributed by atoms with E-state index in [9.17, 15) is 0 Å². The summed E-state index contributed by atoms with van der Waals surface area (Å²) in [5.41, 5.74) is 3.04. The van der Waals surface area contributed by atoms with E-state index in [-0.39, 0.29) is 0 Å². The fraction of sp³-hybridized carbons (Fsp3) is 0.333. The van der Waals surface area contributed by atoms with E-state index in [4.69, 9.17) is 9.47 Å². The summed E-state index contributed by atoms with van der Waals surface area (Å²) in [6.45, 7) is 2.96. The number of benzene rings is 1. The molecule has 5 nitrogen and oxygen atoms in total. The van der Waals surface area contributed by atoms with Crippen molar-refractivity contribution >= 4 is 10.9 Å². The van der Waals surface area contributed by atoms with Crippen LogP contribution in [0, 0.1) is 0 Å². The molecule has 0 saturated heterocycles. The first-order chi connectivity index (χ1) is 12.6. The Morgan fingerprint density at radius 1 is 1.08 bits per heavy atom. The van der Waals surface area contributed by atoms with Gasteiger partial charge in [-0.3, -0.25) is 9.88 Å². The van der Waals surface area contributed by atoms with E-state index in [1.807, 2.05) is 36.5 Å². The van der Waals surface area contributed by atoms with Gasteiger partial charge in [-0.1, -0.05) is 6.07 Å². The van der Waals surface area contributed by atoms with Crippen LogP contribution in [0.15, 0.2) is 48.7 Å². The predicted octanol–water partition coefficient (Wildman–Crippen LogP) is 3.71. The molecule has 5 heteroatoms. The minimum absolute atomic E-state index is 0.348. The van der Waals surface area contributed by atoms with Gasteiger partial charge in [0.2, 0.25) is 5.88 Å². The molecule has 3 aromatic rings. The van der Waals surface area contributed by atoms with Crippen LogP contribution in [-0.2, 0) is 13.0 Å². The highest BCUT2D eigenvalue weighted by Gasteiger charge is 2.15. The Morgan fingerprint density at radius 3 is 2.62 bits per heavy atom. The molecule has 0 aliphatic heterocycles. The molecule has 0 aliphatic rings. The van der Waals surface area contributed by atoms with E-state index >= 15 is 0 Å². The first-order valence-corrected chi connectivity index (χ1v) is 8.72. The molecule has 3 rings (SSSR count). The quantitative estimate of drug-likeness (QED) is 0.649. The zero-order valence-electron chi connectivity index (χ0n) is 15.8. The fourth-order valence-electron chi connectivity index (χ4n) is 2.99. The highest BCUT2D eigenvalue weighted by Crippen LogP contribution is 2.26. The SMILES string of the molecule is COc1ccc2cc(CN(C)C(C)Cc3ccccn3)c(OC)nc2c1. The average Bonchev–Trinajstić information content (AvgIpc) is 2.67. The summed E-state index contributed by atoms with van der Waals surface area (Å²) in [5, 5.41) is 1.08. The molecule has 26 heavy (non-hydrogen) atoms. The second kappa shape index (κ2) is 8.15. The van der Waals surface area contributed by atoms with Crippen molar-refractivity contribution < 1.29 is 9.47 Å². The van der Waals surface area contributed by atoms with E-state index in [0.717, 1.165) is 40.9 Å². The van der Waals surface area contributed by atoms with E-state index < -0.39 is 0 Å². The molecule has 0 spiro atoms. The number of pyridine rings is 2. The summed E-state index contributed by atoms with van der Waals surface area (Å²) in [5.74, 6) is 1.45. The van der Waals surface area contributed by atoms with Crippen LogP contribution in [0.2, 0.25) is 0 Å². The number of aromatic nitrogens is 2. The summed E-state index contributed by atoms with van der Waals surface area (Å²) < 4.78 is 10.8. The smallest absolute Gasteiger partial charge is 0.218 e. The number of rotatable bonds is 7. The maximum Gasteiger partial charge on any atom is 0.218 e. The third-order valence-corrected chi connectivity index (χ3v) is 4.66. The predicted molar refractivity (Wildman–Crippen MR) is 104 cm³/mol. The molecule has 136 valence electrons. The molecule has 0 fully saturated rings. The summed E-state index contributed by atoms with van der Waals surface area (Å²) in [6.07, 6.45) is 2.74. The molecular weight excluding hydrogens is 326 g/mol. The van der Waals surface area contributed by atoms with E-state index in [0.29, 0.717) is 11.9 Å². The second-order valence-electron chi connectivity index (χ2n) is 6.50. The van der Waals surface area contributed by atoms with Crippen LogP contribution in [0.3, 0.4) is 0 Å². The average molecular weight is 351 g/mol. The number of hydrogen-bond donors (Lipinski definition) is 0. The lowest BCUT2D eigenvalue weighted by Gasteiger charge is -2.25. The number of likely N-dealkylation sites (N-methyl/N-ethyl adjacent to an activating group) is 1. The monoisotopic (exact) mass is 351 g/mol. The highest BCUT2D eigenvalue weighted by molar-refractivity contribution is 5.81. The first-order valence-electron chi connectivity index (χ1n) is 8.72. The number of fused-ring (bicyclic) bond motifs is 1. The third-order valence-electron chi connectivity index (χ3n) is 4.66. The standard InChI is InChI=1S/C21H25N3O2/c1-15(11-18-7-5-6-10-22-18)24(2)14-17-12-16-8-9-19(25-3)13-20(16)23-21(17)26-4/h5-10,12-13,15H,11,14H2,1-4H3. The van der Waals surface area contributed by atoms with Gasteiger partial charge in [-0.2, -0.15) is 0 Å². The molecular formula is C21H25N3O2. The van der Waals surface area contributed by atoms with Gasteiger partial charge in [0.25, 0.3) is 0 Å². The van der Waals surface area contributed by atoms with Crippen LogP contribution in [0.4, 0.5) is 0 Å². The maximum atomic E-state index is 5.53. The van der Waals surface area contributed by atoms with E-state index in [2.05, 4.69) is 41.0 Å². The largest absolute Gasteiger partial charge is 0.497 e. The summed E-state index contributed by atoms with van der Waals surface area (Å²) in [6, 6.07) is 14.4. The molecule has 2 heterocycles. The molecule has 0 aliphatic carbocycles. The van der Waals surface area contributed by atoms with Gasteiger partial charge in [0.15, 0.2) is 0 Å². The van der Waals surface area contributed by atoms with Crippen molar-refractivity contribution in [3.05, 3.63) is 59.9 Å². The highest BCUT2D eigenvalue weighted by atomic mass is 16.5. The molecule has 2 aromatic heterocycles. The van der Waals surface area contributed by atoms with Crippen LogP contribution in [-0.4, -0.2) is 42.2 Å². The van der Waals surface area contributed by atoms with Crippen molar-refractivity contribution in [3.63, 3.8) is 0 Å². The molecule has 0 saturated carbocycles. The van der Waals surface area contributed by atoms with E-state index in [1.165, 1.54) is 0 Å². The lowest BCUT2D eigenvalue weighted by atomic mass is 10.1. The van der Waals surface area contributed by atoms with Crippen molar-refractivity contribution in [2.45, 2.75) is 25.9 Å². The molecule has 0 radical (unpaired) electrons. The zero-order chi connectivity index (χ0) is 18.5. The van der Waals surface area contributed by atoms with Crippen molar-refractivity contribution in [1.82, 2.24) is 14.9 Å². The van der Waals surface area contributed by atoms with Crippen LogP contribution < -0.4 is 9.47 Å². The van der Waals surface area contributed by atoms with E-state index in [1.54, 1.807) is 14.2 Å². The number of hydrogen-bond acceptors (Lipinski definition) is 5. The number of methoxy groups -OCH3 is 2. The van der Waals surface area contributed by atoms with Gasteiger partial charge in [0, 0.05) is 47.9 Å². The third kappa shape index (κ3) is 4.11. The molecule has 1 atom stereocenters. The lowest BCUT2D eigenvalue weighted by Crippen LogP contribution is -2.30. The van der Waals surface area contributed by atoms with Gasteiger partial charge in [0.1, 0.15) is 5.75 Å². The minimum Gasteiger partial charge on any atom is -0.497 e. The normalized spacial score (nSPS) is 12.3. The van der Waals surface area contributed by atoms with Gasteiger partial charge in [-0.25, -0.2) is 4.98 Å². The molecule has 0 amide bonds. The van der Waals surface area contributed by atoms with Gasteiger partial charge < -0.3 is 9.47 Å². The van der Waals surface area contributed by atoms with Crippen LogP contribution >= 0.6 is 0 Å². The van der Waals surface area contributed by atoms with Crippen molar-refractivity contribution in [3.8, 4) is 11.6 Å². The topological polar surface area (TPSA) is 47.5 Å². The molecule has 0 bridgehead atoms. The minimum atomic E-state index is 0.348. The number of nitrogens with zero attached hydrogens (tertiary/aromatic N) is 3. The molecule has 0 N–H and O–H groups in total. The Labute approximate surface area is 154 Å².